The second kappa shape index (κ2) is 49.3. The quantitative estimate of drug-likeness (QED) is 0.152. The highest BCUT2D eigenvalue weighted by atomic mass is 32.1. The molecular formula is C129H120O4S2. The molecule has 0 saturated heterocycles. The summed E-state index contributed by atoms with van der Waals surface area (Å²) in [4.78, 5) is 0. The minimum absolute atomic E-state index is 0.956. The van der Waals surface area contributed by atoms with Gasteiger partial charge in [-0.05, 0) is 147 Å². The summed E-state index contributed by atoms with van der Waals surface area (Å²) in [6.45, 7) is 30.2. The molecule has 0 amide bonds. The lowest BCUT2D eigenvalue weighted by Crippen LogP contribution is -1.72. The Balaban J connectivity index is 0.000000129. The van der Waals surface area contributed by atoms with Crippen LogP contribution in [0.25, 0.3) is 193 Å². The first-order valence-corrected chi connectivity index (χ1v) is 49.2. The van der Waals surface area contributed by atoms with E-state index in [0.29, 0.717) is 0 Å². The molecule has 0 aliphatic heterocycles. The van der Waals surface area contributed by atoms with Gasteiger partial charge in [-0.3, -0.25) is 0 Å². The van der Waals surface area contributed by atoms with Gasteiger partial charge in [-0.1, -0.05) is 482 Å². The maximum Gasteiger partial charge on any atom is 0.143 e. The molecule has 0 spiro atoms. The zero-order valence-electron chi connectivity index (χ0n) is 80.3. The van der Waals surface area contributed by atoms with Gasteiger partial charge in [-0.25, -0.2) is 0 Å². The van der Waals surface area contributed by atoms with Gasteiger partial charge in [0, 0.05) is 94.2 Å². The smallest absolute Gasteiger partial charge is 0.143 e. The molecule has 4 nitrogen and oxygen atoms in total. The van der Waals surface area contributed by atoms with Crippen LogP contribution in [0.1, 0.15) is 99.8 Å². The standard InChI is InChI=1S/4C16H10O.2C16H10S.3C7H8.6C2H6/c2*1-2-6-12-10-16-14(9-11(12)5-1)13-7-3-4-8-15(13)17-16;4*1-2-6-12-11(5-1)9-10-14-13-7-3-4-8-15(13)17-16(12)14;3*1-7-5-3-2-4-6-7;6*1-2/h6*1-10H;3*2-6H,1H3;6*1-2H3. The predicted octanol–water partition coefficient (Wildman–Crippen LogP) is 41.5. The molecule has 672 valence electrons. The third-order valence-electron chi connectivity index (χ3n) is 22.4. The molecule has 0 bridgehead atoms. The molecule has 135 heavy (non-hydrogen) atoms. The molecule has 0 radical (unpaired) electrons. The monoisotopic (exact) mass is 1800 g/mol. The van der Waals surface area contributed by atoms with E-state index in [1.54, 1.807) is 0 Å². The summed E-state index contributed by atoms with van der Waals surface area (Å²) in [5, 5.41) is 30.2. The number of aryl methyl sites for hydroxylation is 3. The van der Waals surface area contributed by atoms with Crippen LogP contribution in [0.15, 0.2) is 473 Å². The van der Waals surface area contributed by atoms with Crippen molar-refractivity contribution in [2.24, 2.45) is 0 Å². The molecule has 0 atom stereocenters. The molecule has 27 aromatic rings. The van der Waals surface area contributed by atoms with E-state index in [4.69, 9.17) is 17.7 Å². The van der Waals surface area contributed by atoms with Crippen molar-refractivity contribution in [1.29, 1.82) is 0 Å². The van der Waals surface area contributed by atoms with Gasteiger partial charge in [-0.15, -0.1) is 22.7 Å². The number of hydrogen-bond donors (Lipinski definition) is 0. The summed E-state index contributed by atoms with van der Waals surface area (Å²) in [6.07, 6.45) is 0. The normalized spacial score (nSPS) is 10.3. The second-order valence-electron chi connectivity index (χ2n) is 30.6. The van der Waals surface area contributed by atoms with Crippen LogP contribution in [0.2, 0.25) is 0 Å². The van der Waals surface area contributed by atoms with Crippen molar-refractivity contribution in [1.82, 2.24) is 0 Å². The average Bonchev–Trinajstić information content (AvgIpc) is 1.61. The molecule has 0 aliphatic rings. The highest BCUT2D eigenvalue weighted by Gasteiger charge is 2.15. The van der Waals surface area contributed by atoms with E-state index >= 15 is 0 Å². The Bertz CT molecular complexity index is 7480. The number of fused-ring (bicyclic) bond motifs is 28. The van der Waals surface area contributed by atoms with Gasteiger partial charge in [0.15, 0.2) is 0 Å². The fraction of sp³-hybridized carbons (Fsp3) is 0.116. The lowest BCUT2D eigenvalue weighted by atomic mass is 10.1. The van der Waals surface area contributed by atoms with Gasteiger partial charge >= 0.3 is 0 Å². The maximum atomic E-state index is 5.97. The zero-order valence-corrected chi connectivity index (χ0v) is 81.9. The first-order valence-electron chi connectivity index (χ1n) is 47.6. The van der Waals surface area contributed by atoms with Crippen LogP contribution < -0.4 is 0 Å². The van der Waals surface area contributed by atoms with E-state index in [1.165, 1.54) is 165 Å². The molecule has 0 N–H and O–H groups in total. The van der Waals surface area contributed by atoms with E-state index in [2.05, 4.69) is 348 Å². The zero-order chi connectivity index (χ0) is 94.8. The summed E-state index contributed by atoms with van der Waals surface area (Å²) in [5.74, 6) is 0. The topological polar surface area (TPSA) is 52.6 Å². The van der Waals surface area contributed by atoms with Gasteiger partial charge < -0.3 is 17.7 Å². The van der Waals surface area contributed by atoms with Gasteiger partial charge in [0.05, 0.1) is 0 Å². The van der Waals surface area contributed by atoms with Crippen molar-refractivity contribution in [3.63, 3.8) is 0 Å². The Morgan fingerprint density at radius 3 is 0.652 bits per heavy atom. The SMILES string of the molecule is CC.CC.CC.CC.CC.CC.Cc1ccccc1.Cc1ccccc1.Cc1ccccc1.c1ccc2c(c1)ccc1c3ccccc3oc21.c1ccc2c(c1)ccc1c3ccccc3oc21.c1ccc2c(c1)ccc1c3ccccc3sc21.c1ccc2c(c1)ccc1c3ccccc3sc21.c1ccc2cc3c(cc2c1)oc1ccccc13.c1ccc2cc3c(cc2c1)oc1ccccc13. The molecule has 21 aromatic carbocycles. The highest BCUT2D eigenvalue weighted by molar-refractivity contribution is 7.27. The number of thiophene rings is 2. The van der Waals surface area contributed by atoms with Crippen LogP contribution in [-0.2, 0) is 0 Å². The van der Waals surface area contributed by atoms with Crippen LogP contribution in [-0.4, -0.2) is 0 Å². The number of benzene rings is 21. The van der Waals surface area contributed by atoms with Gasteiger partial charge in [-0.2, -0.15) is 0 Å². The summed E-state index contributed by atoms with van der Waals surface area (Å²) in [5.41, 5.74) is 11.7. The minimum atomic E-state index is 0.956. The van der Waals surface area contributed by atoms with Gasteiger partial charge in [0.2, 0.25) is 0 Å². The van der Waals surface area contributed by atoms with Crippen molar-refractivity contribution >= 4 is 215 Å². The van der Waals surface area contributed by atoms with E-state index < -0.39 is 0 Å². The maximum absolute atomic E-state index is 5.97. The van der Waals surface area contributed by atoms with Crippen molar-refractivity contribution in [3.8, 4) is 0 Å². The summed E-state index contributed by atoms with van der Waals surface area (Å²) < 4.78 is 29.2. The number of rotatable bonds is 0. The van der Waals surface area contributed by atoms with Gasteiger partial charge in [0.1, 0.15) is 44.7 Å². The van der Waals surface area contributed by atoms with Crippen molar-refractivity contribution < 1.29 is 17.7 Å². The van der Waals surface area contributed by atoms with E-state index in [-0.39, 0.29) is 0 Å². The number of para-hydroxylation sites is 4. The van der Waals surface area contributed by atoms with E-state index in [0.717, 1.165) is 44.7 Å². The molecule has 0 unspecified atom stereocenters. The van der Waals surface area contributed by atoms with Crippen LogP contribution >= 0.6 is 22.7 Å². The van der Waals surface area contributed by atoms with Crippen LogP contribution in [0.3, 0.4) is 0 Å². The average molecular weight is 1800 g/mol. The summed E-state index contributed by atoms with van der Waals surface area (Å²) in [7, 11) is 0. The van der Waals surface area contributed by atoms with Crippen LogP contribution in [0.4, 0.5) is 0 Å². The molecule has 0 saturated carbocycles. The Kier molecular flexibility index (Phi) is 35.6. The molecule has 0 aliphatic carbocycles. The molecule has 27 rings (SSSR count). The lowest BCUT2D eigenvalue weighted by molar-refractivity contribution is 0.669. The predicted molar refractivity (Wildman–Crippen MR) is 600 cm³/mol. The van der Waals surface area contributed by atoms with Gasteiger partial charge in [0.25, 0.3) is 0 Å². The van der Waals surface area contributed by atoms with E-state index in [1.807, 2.05) is 233 Å². The Hall–Kier alpha value is -15.2. The van der Waals surface area contributed by atoms with Crippen molar-refractivity contribution in [3.05, 3.63) is 472 Å². The summed E-state index contributed by atoms with van der Waals surface area (Å²) >= 11 is 3.78. The van der Waals surface area contributed by atoms with Crippen LogP contribution in [0, 0.1) is 20.8 Å². The molecule has 6 heteroatoms. The fourth-order valence-corrected chi connectivity index (χ4v) is 18.7. The van der Waals surface area contributed by atoms with Crippen LogP contribution in [0.5, 0.6) is 0 Å². The Labute approximate surface area is 802 Å². The van der Waals surface area contributed by atoms with Crippen molar-refractivity contribution in [2.45, 2.75) is 104 Å². The lowest BCUT2D eigenvalue weighted by Gasteiger charge is -1.98. The molecule has 6 aromatic heterocycles. The number of hydrogen-bond acceptors (Lipinski definition) is 6. The summed E-state index contributed by atoms with van der Waals surface area (Å²) in [6, 6.07) is 158. The third kappa shape index (κ3) is 23.1. The Morgan fingerprint density at radius 2 is 0.356 bits per heavy atom. The highest BCUT2D eigenvalue weighted by Crippen LogP contribution is 2.42. The van der Waals surface area contributed by atoms with Crippen molar-refractivity contribution in [2.75, 3.05) is 0 Å². The number of furan rings is 4. The second-order valence-corrected chi connectivity index (χ2v) is 32.7. The first kappa shape index (κ1) is 97.4. The fourth-order valence-electron chi connectivity index (χ4n) is 16.2. The molecular weight excluding hydrogens is 1680 g/mol. The largest absolute Gasteiger partial charge is 0.456 e. The Morgan fingerprint density at radius 1 is 0.141 bits per heavy atom. The third-order valence-corrected chi connectivity index (χ3v) is 24.8. The molecule has 0 fully saturated rings. The minimum Gasteiger partial charge on any atom is -0.456 e. The van der Waals surface area contributed by atoms with E-state index in [9.17, 15) is 0 Å². The molecule has 6 heterocycles. The first-order chi connectivity index (χ1) is 66.7.